The van der Waals surface area contributed by atoms with Crippen LogP contribution in [0.3, 0.4) is 0 Å². The Morgan fingerprint density at radius 3 is 2.28 bits per heavy atom. The Balaban J connectivity index is 1.64. The van der Waals surface area contributed by atoms with Gasteiger partial charge in [-0.2, -0.15) is 0 Å². The van der Waals surface area contributed by atoms with E-state index in [-0.39, 0.29) is 6.61 Å². The second-order valence-electron chi connectivity index (χ2n) is 7.08. The average Bonchev–Trinajstić information content (AvgIpc) is 2.78. The van der Waals surface area contributed by atoms with E-state index in [0.717, 1.165) is 66.6 Å². The Hall–Kier alpha value is -2.96. The van der Waals surface area contributed by atoms with Crippen molar-refractivity contribution in [2.45, 2.75) is 0 Å². The molecule has 4 rings (SSSR count). The van der Waals surface area contributed by atoms with Crippen LogP contribution in [0.2, 0.25) is 0 Å². The average molecular weight is 390 g/mol. The molecular formula is C23H26N4O2. The van der Waals surface area contributed by atoms with Gasteiger partial charge in [-0.1, -0.05) is 30.3 Å². The van der Waals surface area contributed by atoms with Crippen molar-refractivity contribution in [3.8, 4) is 5.75 Å². The summed E-state index contributed by atoms with van der Waals surface area (Å²) in [4.78, 5) is 14.4. The lowest BCUT2D eigenvalue weighted by Crippen LogP contribution is -2.47. The lowest BCUT2D eigenvalue weighted by molar-refractivity contribution is 0.188. The molecule has 2 aromatic carbocycles. The predicted molar refractivity (Wildman–Crippen MR) is 117 cm³/mol. The van der Waals surface area contributed by atoms with Gasteiger partial charge >= 0.3 is 0 Å². The summed E-state index contributed by atoms with van der Waals surface area (Å²) in [6.45, 7) is 4.49. The highest BCUT2D eigenvalue weighted by atomic mass is 16.5. The number of benzene rings is 2. The fourth-order valence-corrected chi connectivity index (χ4v) is 3.56. The van der Waals surface area contributed by atoms with Crippen molar-refractivity contribution in [1.82, 2.24) is 14.9 Å². The molecule has 1 aromatic heterocycles. The molecule has 3 aromatic rings. The van der Waals surface area contributed by atoms with Crippen LogP contribution in [0, 0.1) is 0 Å². The molecule has 6 heteroatoms. The molecule has 29 heavy (non-hydrogen) atoms. The minimum Gasteiger partial charge on any atom is -0.497 e. The van der Waals surface area contributed by atoms with Crippen molar-refractivity contribution in [3.05, 3.63) is 59.8 Å². The number of aromatic nitrogens is 2. The third-order valence-electron chi connectivity index (χ3n) is 5.22. The van der Waals surface area contributed by atoms with Gasteiger partial charge in [-0.25, -0.2) is 9.97 Å². The van der Waals surface area contributed by atoms with E-state index in [1.54, 1.807) is 7.11 Å². The van der Waals surface area contributed by atoms with Crippen molar-refractivity contribution >= 4 is 29.0 Å². The van der Waals surface area contributed by atoms with Crippen LogP contribution in [0.1, 0.15) is 11.3 Å². The first-order chi connectivity index (χ1) is 14.3. The molecular weight excluding hydrogens is 364 g/mol. The van der Waals surface area contributed by atoms with Crippen LogP contribution in [-0.2, 0) is 0 Å². The Labute approximate surface area is 171 Å². The highest BCUT2D eigenvalue weighted by molar-refractivity contribution is 5.82. The Morgan fingerprint density at radius 2 is 1.62 bits per heavy atom. The Bertz CT molecular complexity index is 980. The van der Waals surface area contributed by atoms with Crippen molar-refractivity contribution < 1.29 is 9.84 Å². The number of methoxy groups -OCH3 is 1. The van der Waals surface area contributed by atoms with Gasteiger partial charge in [-0.05, 0) is 35.9 Å². The van der Waals surface area contributed by atoms with E-state index in [2.05, 4.69) is 15.9 Å². The molecule has 0 atom stereocenters. The van der Waals surface area contributed by atoms with Gasteiger partial charge in [-0.3, -0.25) is 4.90 Å². The number of rotatable bonds is 6. The molecule has 1 fully saturated rings. The van der Waals surface area contributed by atoms with Crippen LogP contribution in [0.25, 0.3) is 23.2 Å². The zero-order valence-corrected chi connectivity index (χ0v) is 16.7. The number of β-amino-alcohol motifs (C(OH)–C–C–N with tert-alkyl or cyclic N) is 1. The number of aliphatic hydroxyl groups is 1. The van der Waals surface area contributed by atoms with E-state index in [0.29, 0.717) is 0 Å². The standard InChI is InChI=1S/C23H26N4O2/c1-29-19-9-6-18(7-10-19)8-11-22-23(25-21-5-3-2-4-20(21)24-22)27-14-12-26(13-15-27)16-17-28/h2-11,28H,12-17H2,1H3/b11-8+. The molecule has 6 nitrogen and oxygen atoms in total. The number of ether oxygens (including phenoxy) is 1. The maximum absolute atomic E-state index is 9.18. The first-order valence-corrected chi connectivity index (χ1v) is 9.94. The van der Waals surface area contributed by atoms with Crippen LogP contribution in [0.5, 0.6) is 5.75 Å². The van der Waals surface area contributed by atoms with Gasteiger partial charge in [0, 0.05) is 32.7 Å². The molecule has 0 aliphatic carbocycles. The summed E-state index contributed by atoms with van der Waals surface area (Å²) in [5.41, 5.74) is 3.75. The summed E-state index contributed by atoms with van der Waals surface area (Å²) in [5, 5.41) is 9.18. The van der Waals surface area contributed by atoms with Crippen LogP contribution in [0.4, 0.5) is 5.82 Å². The van der Waals surface area contributed by atoms with Gasteiger partial charge < -0.3 is 14.7 Å². The zero-order chi connectivity index (χ0) is 20.1. The van der Waals surface area contributed by atoms with E-state index in [1.807, 2.05) is 54.6 Å². The third kappa shape index (κ3) is 4.55. The van der Waals surface area contributed by atoms with E-state index in [4.69, 9.17) is 14.7 Å². The fourth-order valence-electron chi connectivity index (χ4n) is 3.56. The summed E-state index contributed by atoms with van der Waals surface area (Å²) in [6, 6.07) is 15.9. The number of para-hydroxylation sites is 2. The van der Waals surface area contributed by atoms with Crippen LogP contribution in [0.15, 0.2) is 48.5 Å². The minimum absolute atomic E-state index is 0.200. The topological polar surface area (TPSA) is 61.7 Å². The Morgan fingerprint density at radius 1 is 0.931 bits per heavy atom. The molecule has 1 aliphatic heterocycles. The fraction of sp³-hybridized carbons (Fsp3) is 0.304. The quantitative estimate of drug-likeness (QED) is 0.698. The molecule has 0 spiro atoms. The van der Waals surface area contributed by atoms with E-state index in [1.165, 1.54) is 0 Å². The smallest absolute Gasteiger partial charge is 0.155 e. The third-order valence-corrected chi connectivity index (χ3v) is 5.22. The molecule has 150 valence electrons. The van der Waals surface area contributed by atoms with Crippen LogP contribution >= 0.6 is 0 Å². The molecule has 0 bridgehead atoms. The number of fused-ring (bicyclic) bond motifs is 1. The number of anilines is 1. The van der Waals surface area contributed by atoms with Gasteiger partial charge in [0.05, 0.1) is 24.8 Å². The Kier molecular flexibility index (Phi) is 6.03. The number of nitrogens with zero attached hydrogens (tertiary/aromatic N) is 4. The van der Waals surface area contributed by atoms with E-state index < -0.39 is 0 Å². The maximum atomic E-state index is 9.18. The second-order valence-corrected chi connectivity index (χ2v) is 7.08. The van der Waals surface area contributed by atoms with Crippen LogP contribution in [-0.4, -0.2) is 66.4 Å². The first kappa shape index (κ1) is 19.4. The highest BCUT2D eigenvalue weighted by Gasteiger charge is 2.20. The largest absolute Gasteiger partial charge is 0.497 e. The van der Waals surface area contributed by atoms with Crippen molar-refractivity contribution in [3.63, 3.8) is 0 Å². The summed E-state index contributed by atoms with van der Waals surface area (Å²) in [7, 11) is 1.67. The van der Waals surface area contributed by atoms with E-state index >= 15 is 0 Å². The SMILES string of the molecule is COc1ccc(/C=C/c2nc3ccccc3nc2N2CCN(CCO)CC2)cc1. The normalized spacial score (nSPS) is 15.3. The number of hydrogen-bond donors (Lipinski definition) is 1. The lowest BCUT2D eigenvalue weighted by atomic mass is 10.1. The van der Waals surface area contributed by atoms with Crippen molar-refractivity contribution in [2.75, 3.05) is 51.3 Å². The zero-order valence-electron chi connectivity index (χ0n) is 16.7. The molecule has 0 unspecified atom stereocenters. The molecule has 1 saturated heterocycles. The molecule has 2 heterocycles. The molecule has 0 radical (unpaired) electrons. The van der Waals surface area contributed by atoms with Gasteiger partial charge in [0.25, 0.3) is 0 Å². The maximum Gasteiger partial charge on any atom is 0.155 e. The predicted octanol–water partition coefficient (Wildman–Crippen LogP) is 2.92. The minimum atomic E-state index is 0.200. The van der Waals surface area contributed by atoms with Crippen molar-refractivity contribution in [2.24, 2.45) is 0 Å². The van der Waals surface area contributed by atoms with Crippen LogP contribution < -0.4 is 9.64 Å². The van der Waals surface area contributed by atoms with Crippen molar-refractivity contribution in [1.29, 1.82) is 0 Å². The molecule has 0 amide bonds. The second kappa shape index (κ2) is 9.03. The summed E-state index contributed by atoms with van der Waals surface area (Å²) in [6.07, 6.45) is 4.10. The highest BCUT2D eigenvalue weighted by Crippen LogP contribution is 2.24. The summed E-state index contributed by atoms with van der Waals surface area (Å²) in [5.74, 6) is 1.76. The molecule has 1 aliphatic rings. The monoisotopic (exact) mass is 390 g/mol. The van der Waals surface area contributed by atoms with E-state index in [9.17, 15) is 5.11 Å². The van der Waals surface area contributed by atoms with Gasteiger partial charge in [-0.15, -0.1) is 0 Å². The molecule has 0 saturated carbocycles. The molecule has 1 N–H and O–H groups in total. The summed E-state index contributed by atoms with van der Waals surface area (Å²) < 4.78 is 5.23. The van der Waals surface area contributed by atoms with Gasteiger partial charge in [0.2, 0.25) is 0 Å². The lowest BCUT2D eigenvalue weighted by Gasteiger charge is -2.35. The summed E-state index contributed by atoms with van der Waals surface area (Å²) >= 11 is 0. The first-order valence-electron chi connectivity index (χ1n) is 9.94. The number of piperazine rings is 1. The van der Waals surface area contributed by atoms with Gasteiger partial charge in [0.15, 0.2) is 5.82 Å². The number of hydrogen-bond acceptors (Lipinski definition) is 6. The van der Waals surface area contributed by atoms with Gasteiger partial charge in [0.1, 0.15) is 11.4 Å². The number of aliphatic hydroxyl groups excluding tert-OH is 1.